The summed E-state index contributed by atoms with van der Waals surface area (Å²) in [5.41, 5.74) is 1.79. The number of aryl methyl sites for hydroxylation is 1. The molecule has 3 nitrogen and oxygen atoms in total. The third-order valence-electron chi connectivity index (χ3n) is 2.87. The third-order valence-corrected chi connectivity index (χ3v) is 2.87. The van der Waals surface area contributed by atoms with E-state index in [9.17, 15) is 4.79 Å². The Labute approximate surface area is 110 Å². The van der Waals surface area contributed by atoms with Gasteiger partial charge in [0, 0.05) is 18.0 Å². The van der Waals surface area contributed by atoms with Crippen LogP contribution in [0.2, 0.25) is 0 Å². The fraction of sp³-hybridized carbons (Fsp3) is 0.533. The summed E-state index contributed by atoms with van der Waals surface area (Å²) >= 11 is 0. The SMILES string of the molecule is COc1ccc(C(=O)CCCNC(C)C)c(C)c1. The van der Waals surface area contributed by atoms with Gasteiger partial charge in [-0.15, -0.1) is 0 Å². The lowest BCUT2D eigenvalue weighted by Gasteiger charge is -2.09. The molecule has 1 aromatic carbocycles. The smallest absolute Gasteiger partial charge is 0.163 e. The average Bonchev–Trinajstić information content (AvgIpc) is 2.33. The van der Waals surface area contributed by atoms with E-state index >= 15 is 0 Å². The summed E-state index contributed by atoms with van der Waals surface area (Å²) in [6.07, 6.45) is 1.47. The van der Waals surface area contributed by atoms with Crippen LogP contribution in [0, 0.1) is 6.92 Å². The highest BCUT2D eigenvalue weighted by Gasteiger charge is 2.09. The van der Waals surface area contributed by atoms with Gasteiger partial charge in [0.15, 0.2) is 5.78 Å². The lowest BCUT2D eigenvalue weighted by Crippen LogP contribution is -2.24. The number of carbonyl (C=O) groups excluding carboxylic acids is 1. The molecular formula is C15H23NO2. The van der Waals surface area contributed by atoms with Gasteiger partial charge in [-0.1, -0.05) is 13.8 Å². The summed E-state index contributed by atoms with van der Waals surface area (Å²) in [5.74, 6) is 1.01. The van der Waals surface area contributed by atoms with E-state index in [0.717, 1.165) is 29.8 Å². The molecule has 0 atom stereocenters. The van der Waals surface area contributed by atoms with Crippen LogP contribution in [0.1, 0.15) is 42.6 Å². The second-order valence-electron chi connectivity index (χ2n) is 4.82. The van der Waals surface area contributed by atoms with E-state index in [1.165, 1.54) is 0 Å². The van der Waals surface area contributed by atoms with Crippen LogP contribution in [0.5, 0.6) is 5.75 Å². The Morgan fingerprint density at radius 3 is 2.67 bits per heavy atom. The summed E-state index contributed by atoms with van der Waals surface area (Å²) < 4.78 is 5.13. The highest BCUT2D eigenvalue weighted by atomic mass is 16.5. The highest BCUT2D eigenvalue weighted by molar-refractivity contribution is 5.97. The quantitative estimate of drug-likeness (QED) is 0.596. The van der Waals surface area contributed by atoms with E-state index < -0.39 is 0 Å². The van der Waals surface area contributed by atoms with Crippen molar-refractivity contribution in [1.29, 1.82) is 0 Å². The van der Waals surface area contributed by atoms with Crippen LogP contribution >= 0.6 is 0 Å². The first kappa shape index (κ1) is 14.7. The lowest BCUT2D eigenvalue weighted by atomic mass is 10.0. The van der Waals surface area contributed by atoms with Crippen LogP contribution in [0.15, 0.2) is 18.2 Å². The van der Waals surface area contributed by atoms with Gasteiger partial charge in [-0.2, -0.15) is 0 Å². The van der Waals surface area contributed by atoms with Crippen LogP contribution in [0.25, 0.3) is 0 Å². The van der Waals surface area contributed by atoms with Gasteiger partial charge in [0.05, 0.1) is 7.11 Å². The molecule has 3 heteroatoms. The lowest BCUT2D eigenvalue weighted by molar-refractivity contribution is 0.0979. The normalized spacial score (nSPS) is 10.7. The van der Waals surface area contributed by atoms with Gasteiger partial charge in [-0.05, 0) is 43.7 Å². The number of ether oxygens (including phenoxy) is 1. The zero-order chi connectivity index (χ0) is 13.5. The van der Waals surface area contributed by atoms with Gasteiger partial charge in [-0.25, -0.2) is 0 Å². The number of ketones is 1. The van der Waals surface area contributed by atoms with Crippen molar-refractivity contribution in [2.75, 3.05) is 13.7 Å². The molecule has 18 heavy (non-hydrogen) atoms. The number of carbonyl (C=O) groups is 1. The molecule has 0 bridgehead atoms. The molecule has 1 aromatic rings. The predicted molar refractivity (Wildman–Crippen MR) is 74.4 cm³/mol. The topological polar surface area (TPSA) is 38.3 Å². The van der Waals surface area contributed by atoms with Gasteiger partial charge in [0.2, 0.25) is 0 Å². The second kappa shape index (κ2) is 7.17. The monoisotopic (exact) mass is 249 g/mol. The number of benzene rings is 1. The number of rotatable bonds is 7. The zero-order valence-corrected chi connectivity index (χ0v) is 11.7. The Bertz CT molecular complexity index is 399. The number of methoxy groups -OCH3 is 1. The fourth-order valence-corrected chi connectivity index (χ4v) is 1.85. The van der Waals surface area contributed by atoms with Crippen molar-refractivity contribution in [2.24, 2.45) is 0 Å². The van der Waals surface area contributed by atoms with Gasteiger partial charge >= 0.3 is 0 Å². The maximum Gasteiger partial charge on any atom is 0.163 e. The molecule has 0 aliphatic carbocycles. The molecule has 0 fully saturated rings. The molecule has 0 radical (unpaired) electrons. The first-order valence-corrected chi connectivity index (χ1v) is 6.46. The van der Waals surface area contributed by atoms with Gasteiger partial charge in [-0.3, -0.25) is 4.79 Å². The molecule has 0 saturated carbocycles. The first-order chi connectivity index (χ1) is 8.54. The van der Waals surface area contributed by atoms with E-state index in [1.54, 1.807) is 7.11 Å². The summed E-state index contributed by atoms with van der Waals surface area (Å²) in [6, 6.07) is 6.07. The molecule has 0 unspecified atom stereocenters. The molecule has 0 amide bonds. The minimum atomic E-state index is 0.209. The number of hydrogen-bond donors (Lipinski definition) is 1. The largest absolute Gasteiger partial charge is 0.497 e. The van der Waals surface area contributed by atoms with Gasteiger partial charge in [0.1, 0.15) is 5.75 Å². The minimum absolute atomic E-state index is 0.209. The molecule has 0 heterocycles. The summed E-state index contributed by atoms with van der Waals surface area (Å²) in [7, 11) is 1.63. The van der Waals surface area contributed by atoms with Crippen molar-refractivity contribution in [3.8, 4) is 5.75 Å². The Balaban J connectivity index is 2.51. The van der Waals surface area contributed by atoms with Crippen molar-refractivity contribution < 1.29 is 9.53 Å². The second-order valence-corrected chi connectivity index (χ2v) is 4.82. The Morgan fingerprint density at radius 1 is 1.39 bits per heavy atom. The molecule has 0 saturated heterocycles. The summed E-state index contributed by atoms with van der Waals surface area (Å²) in [6.45, 7) is 7.05. The van der Waals surface area contributed by atoms with E-state index in [4.69, 9.17) is 4.74 Å². The Morgan fingerprint density at radius 2 is 2.11 bits per heavy atom. The van der Waals surface area contributed by atoms with Crippen molar-refractivity contribution >= 4 is 5.78 Å². The Hall–Kier alpha value is -1.35. The van der Waals surface area contributed by atoms with Gasteiger partial charge in [0.25, 0.3) is 0 Å². The number of hydrogen-bond acceptors (Lipinski definition) is 3. The van der Waals surface area contributed by atoms with Crippen LogP contribution < -0.4 is 10.1 Å². The molecular weight excluding hydrogens is 226 g/mol. The standard InChI is InChI=1S/C15H23NO2/c1-11(2)16-9-5-6-15(17)14-8-7-13(18-4)10-12(14)3/h7-8,10-11,16H,5-6,9H2,1-4H3. The van der Waals surface area contributed by atoms with E-state index in [0.29, 0.717) is 12.5 Å². The maximum absolute atomic E-state index is 12.0. The molecule has 0 aromatic heterocycles. The zero-order valence-electron chi connectivity index (χ0n) is 11.7. The third kappa shape index (κ3) is 4.49. The average molecular weight is 249 g/mol. The van der Waals surface area contributed by atoms with Crippen LogP contribution in [-0.2, 0) is 0 Å². The van der Waals surface area contributed by atoms with Crippen molar-refractivity contribution in [3.63, 3.8) is 0 Å². The molecule has 1 N–H and O–H groups in total. The molecule has 0 aliphatic heterocycles. The van der Waals surface area contributed by atoms with Crippen LogP contribution in [0.4, 0.5) is 0 Å². The summed E-state index contributed by atoms with van der Waals surface area (Å²) in [5, 5.41) is 3.31. The van der Waals surface area contributed by atoms with Crippen LogP contribution in [0.3, 0.4) is 0 Å². The van der Waals surface area contributed by atoms with Crippen LogP contribution in [-0.4, -0.2) is 25.5 Å². The molecule has 0 spiro atoms. The number of Topliss-reactive ketones (excluding diaryl/α,β-unsaturated/α-hetero) is 1. The van der Waals surface area contributed by atoms with Gasteiger partial charge < -0.3 is 10.1 Å². The van der Waals surface area contributed by atoms with Crippen molar-refractivity contribution in [3.05, 3.63) is 29.3 Å². The van der Waals surface area contributed by atoms with E-state index in [-0.39, 0.29) is 5.78 Å². The summed E-state index contributed by atoms with van der Waals surface area (Å²) in [4.78, 5) is 12.0. The van der Waals surface area contributed by atoms with Crippen molar-refractivity contribution in [2.45, 2.75) is 39.7 Å². The molecule has 0 aliphatic rings. The first-order valence-electron chi connectivity index (χ1n) is 6.46. The highest BCUT2D eigenvalue weighted by Crippen LogP contribution is 2.18. The van der Waals surface area contributed by atoms with E-state index in [2.05, 4.69) is 19.2 Å². The number of nitrogens with one attached hydrogen (secondary N) is 1. The minimum Gasteiger partial charge on any atom is -0.497 e. The molecule has 100 valence electrons. The predicted octanol–water partition coefficient (Wildman–Crippen LogP) is 2.96. The molecule has 1 rings (SSSR count). The Kier molecular flexibility index (Phi) is 5.86. The maximum atomic E-state index is 12.0. The van der Waals surface area contributed by atoms with Crippen molar-refractivity contribution in [1.82, 2.24) is 5.32 Å². The van der Waals surface area contributed by atoms with E-state index in [1.807, 2.05) is 25.1 Å². The fourth-order valence-electron chi connectivity index (χ4n) is 1.85.